The highest BCUT2D eigenvalue weighted by Crippen LogP contribution is 2.27. The molecule has 0 fully saturated rings. The minimum Gasteiger partial charge on any atom is -0.496 e. The first-order valence-electron chi connectivity index (χ1n) is 4.43. The zero-order valence-corrected chi connectivity index (χ0v) is 8.40. The van der Waals surface area contributed by atoms with Crippen molar-refractivity contribution in [3.8, 4) is 5.75 Å². The predicted octanol–water partition coefficient (Wildman–Crippen LogP) is 0.658. The van der Waals surface area contributed by atoms with E-state index in [1.807, 2.05) is 0 Å². The highest BCUT2D eigenvalue weighted by molar-refractivity contribution is 5.49. The van der Waals surface area contributed by atoms with Gasteiger partial charge < -0.3 is 21.3 Å². The molecule has 1 aromatic rings. The minimum atomic E-state index is -0.618. The SMILES string of the molecule is COc1cc(N)ccc1[C@H](N)[C@@H](C)O. The number of hydrogen-bond acceptors (Lipinski definition) is 4. The second-order valence-corrected chi connectivity index (χ2v) is 3.27. The van der Waals surface area contributed by atoms with Crippen LogP contribution < -0.4 is 16.2 Å². The second kappa shape index (κ2) is 4.30. The summed E-state index contributed by atoms with van der Waals surface area (Å²) in [6, 6.07) is 4.74. The Bertz CT molecular complexity index is 313. The van der Waals surface area contributed by atoms with Gasteiger partial charge in [-0.05, 0) is 13.0 Å². The van der Waals surface area contributed by atoms with E-state index in [9.17, 15) is 5.11 Å². The van der Waals surface area contributed by atoms with Gasteiger partial charge in [0.1, 0.15) is 5.75 Å². The summed E-state index contributed by atoms with van der Waals surface area (Å²) in [5, 5.41) is 9.35. The van der Waals surface area contributed by atoms with Crippen molar-refractivity contribution in [2.24, 2.45) is 5.73 Å². The van der Waals surface area contributed by atoms with Crippen LogP contribution in [0.5, 0.6) is 5.75 Å². The zero-order chi connectivity index (χ0) is 10.7. The molecule has 0 spiro atoms. The van der Waals surface area contributed by atoms with Gasteiger partial charge in [-0.15, -0.1) is 0 Å². The molecule has 78 valence electrons. The lowest BCUT2D eigenvalue weighted by Gasteiger charge is -2.18. The molecule has 0 amide bonds. The van der Waals surface area contributed by atoms with Crippen molar-refractivity contribution < 1.29 is 9.84 Å². The second-order valence-electron chi connectivity index (χ2n) is 3.27. The quantitative estimate of drug-likeness (QED) is 0.620. The Labute approximate surface area is 83.5 Å². The number of benzene rings is 1. The van der Waals surface area contributed by atoms with Gasteiger partial charge in [-0.3, -0.25) is 0 Å². The van der Waals surface area contributed by atoms with Gasteiger partial charge in [0.2, 0.25) is 0 Å². The average Bonchev–Trinajstić information content (AvgIpc) is 2.16. The van der Waals surface area contributed by atoms with Crippen LogP contribution in [0.2, 0.25) is 0 Å². The summed E-state index contributed by atoms with van der Waals surface area (Å²) in [6.07, 6.45) is -0.618. The average molecular weight is 196 g/mol. The molecule has 1 rings (SSSR count). The summed E-state index contributed by atoms with van der Waals surface area (Å²) < 4.78 is 5.13. The van der Waals surface area contributed by atoms with Crippen molar-refractivity contribution in [2.45, 2.75) is 19.1 Å². The monoisotopic (exact) mass is 196 g/mol. The van der Waals surface area contributed by atoms with Crippen LogP contribution >= 0.6 is 0 Å². The van der Waals surface area contributed by atoms with Crippen LogP contribution in [0.3, 0.4) is 0 Å². The summed E-state index contributed by atoms with van der Waals surface area (Å²) in [5.41, 5.74) is 12.8. The molecule has 14 heavy (non-hydrogen) atoms. The lowest BCUT2D eigenvalue weighted by molar-refractivity contribution is 0.162. The summed E-state index contributed by atoms with van der Waals surface area (Å²) in [6.45, 7) is 1.64. The van der Waals surface area contributed by atoms with Gasteiger partial charge in [-0.1, -0.05) is 6.07 Å². The number of anilines is 1. The van der Waals surface area contributed by atoms with Crippen molar-refractivity contribution in [2.75, 3.05) is 12.8 Å². The highest BCUT2D eigenvalue weighted by atomic mass is 16.5. The van der Waals surface area contributed by atoms with Gasteiger partial charge >= 0.3 is 0 Å². The summed E-state index contributed by atoms with van der Waals surface area (Å²) in [5.74, 6) is 0.610. The van der Waals surface area contributed by atoms with E-state index < -0.39 is 12.1 Å². The molecule has 4 nitrogen and oxygen atoms in total. The van der Waals surface area contributed by atoms with Crippen LogP contribution in [-0.4, -0.2) is 18.3 Å². The van der Waals surface area contributed by atoms with Gasteiger partial charge in [-0.2, -0.15) is 0 Å². The largest absolute Gasteiger partial charge is 0.496 e. The Balaban J connectivity index is 3.07. The van der Waals surface area contributed by atoms with E-state index in [1.165, 1.54) is 0 Å². The molecule has 0 aliphatic carbocycles. The highest BCUT2D eigenvalue weighted by Gasteiger charge is 2.16. The van der Waals surface area contributed by atoms with Crippen molar-refractivity contribution in [3.05, 3.63) is 23.8 Å². The third kappa shape index (κ3) is 2.16. The van der Waals surface area contributed by atoms with Crippen LogP contribution in [0.15, 0.2) is 18.2 Å². The summed E-state index contributed by atoms with van der Waals surface area (Å²) in [4.78, 5) is 0. The van der Waals surface area contributed by atoms with Crippen LogP contribution in [0.1, 0.15) is 18.5 Å². The molecule has 0 saturated heterocycles. The molecule has 0 aliphatic heterocycles. The van der Waals surface area contributed by atoms with Crippen molar-refractivity contribution >= 4 is 5.69 Å². The topological polar surface area (TPSA) is 81.5 Å². The number of nitrogen functional groups attached to an aromatic ring is 1. The molecule has 0 heterocycles. The predicted molar refractivity (Wildman–Crippen MR) is 56.0 cm³/mol. The first-order valence-corrected chi connectivity index (χ1v) is 4.43. The lowest BCUT2D eigenvalue weighted by Crippen LogP contribution is -2.23. The van der Waals surface area contributed by atoms with E-state index in [2.05, 4.69) is 0 Å². The van der Waals surface area contributed by atoms with Crippen LogP contribution in [0.25, 0.3) is 0 Å². The number of nitrogens with two attached hydrogens (primary N) is 2. The molecule has 1 aromatic carbocycles. The molecule has 0 bridgehead atoms. The standard InChI is InChI=1S/C10H16N2O2/c1-6(13)10(12)8-4-3-7(11)5-9(8)14-2/h3-6,10,13H,11-12H2,1-2H3/t6-,10-/m1/s1. The number of hydrogen-bond donors (Lipinski definition) is 3. The van der Waals surface area contributed by atoms with Crippen molar-refractivity contribution in [1.82, 2.24) is 0 Å². The minimum absolute atomic E-state index is 0.453. The fourth-order valence-electron chi connectivity index (χ4n) is 1.26. The van der Waals surface area contributed by atoms with Gasteiger partial charge in [0.05, 0.1) is 19.3 Å². The number of methoxy groups -OCH3 is 1. The summed E-state index contributed by atoms with van der Waals surface area (Å²) in [7, 11) is 1.55. The van der Waals surface area contributed by atoms with Crippen LogP contribution in [0, 0.1) is 0 Å². The maximum Gasteiger partial charge on any atom is 0.125 e. The molecule has 4 heteroatoms. The molecule has 0 aromatic heterocycles. The van der Waals surface area contributed by atoms with Crippen LogP contribution in [0.4, 0.5) is 5.69 Å². The maximum absolute atomic E-state index is 9.35. The first kappa shape index (κ1) is 10.8. The Hall–Kier alpha value is -1.26. The number of rotatable bonds is 3. The Morgan fingerprint density at radius 3 is 2.57 bits per heavy atom. The molecular formula is C10H16N2O2. The normalized spacial score (nSPS) is 14.9. The smallest absolute Gasteiger partial charge is 0.125 e. The van der Waals surface area contributed by atoms with E-state index in [0.29, 0.717) is 11.4 Å². The van der Waals surface area contributed by atoms with Gasteiger partial charge in [0.25, 0.3) is 0 Å². The zero-order valence-electron chi connectivity index (χ0n) is 8.40. The molecule has 0 saturated carbocycles. The van der Waals surface area contributed by atoms with Crippen molar-refractivity contribution in [1.29, 1.82) is 0 Å². The lowest BCUT2D eigenvalue weighted by atomic mass is 10.0. The van der Waals surface area contributed by atoms with E-state index in [1.54, 1.807) is 32.2 Å². The number of ether oxygens (including phenoxy) is 1. The summed E-state index contributed by atoms with van der Waals surface area (Å²) >= 11 is 0. The third-order valence-corrected chi connectivity index (χ3v) is 2.14. The molecule has 5 N–H and O–H groups in total. The maximum atomic E-state index is 9.35. The molecule has 0 unspecified atom stereocenters. The molecular weight excluding hydrogens is 180 g/mol. The van der Waals surface area contributed by atoms with Gasteiger partial charge in [0.15, 0.2) is 0 Å². The van der Waals surface area contributed by atoms with Crippen molar-refractivity contribution in [3.63, 3.8) is 0 Å². The third-order valence-electron chi connectivity index (χ3n) is 2.14. The van der Waals surface area contributed by atoms with Crippen LogP contribution in [-0.2, 0) is 0 Å². The fourth-order valence-corrected chi connectivity index (χ4v) is 1.26. The Morgan fingerprint density at radius 2 is 2.07 bits per heavy atom. The van der Waals surface area contributed by atoms with E-state index >= 15 is 0 Å². The van der Waals surface area contributed by atoms with E-state index in [0.717, 1.165) is 5.56 Å². The van der Waals surface area contributed by atoms with E-state index in [-0.39, 0.29) is 0 Å². The number of aliphatic hydroxyl groups is 1. The molecule has 2 atom stereocenters. The van der Waals surface area contributed by atoms with E-state index in [4.69, 9.17) is 16.2 Å². The van der Waals surface area contributed by atoms with Gasteiger partial charge in [0, 0.05) is 17.3 Å². The Morgan fingerprint density at radius 1 is 1.43 bits per heavy atom. The van der Waals surface area contributed by atoms with Gasteiger partial charge in [-0.25, -0.2) is 0 Å². The first-order chi connectivity index (χ1) is 6.56. The molecule has 0 aliphatic rings. The number of aliphatic hydroxyl groups excluding tert-OH is 1. The fraction of sp³-hybridized carbons (Fsp3) is 0.400. The Kier molecular flexibility index (Phi) is 3.33. The molecule has 0 radical (unpaired) electrons.